The van der Waals surface area contributed by atoms with Crippen LogP contribution in [0, 0.1) is 0 Å². The molecule has 0 aliphatic heterocycles. The zero-order chi connectivity index (χ0) is 10.9. The maximum Gasteiger partial charge on any atom is 0.417 e. The van der Waals surface area contributed by atoms with Gasteiger partial charge in [0.1, 0.15) is 0 Å². The molecule has 14 heavy (non-hydrogen) atoms. The SMILES string of the molecule is O=C(Br)c1ccc(Br)cc1C(F)(F)F. The first kappa shape index (κ1) is 11.7. The Balaban J connectivity index is 3.38. The van der Waals surface area contributed by atoms with Crippen LogP contribution >= 0.6 is 31.9 Å². The Morgan fingerprint density at radius 2 is 1.86 bits per heavy atom. The Hall–Kier alpha value is -0.360. The minimum atomic E-state index is -4.53. The number of hydrogen-bond donors (Lipinski definition) is 0. The summed E-state index contributed by atoms with van der Waals surface area (Å²) in [7, 11) is 0. The molecular weight excluding hydrogens is 329 g/mol. The van der Waals surface area contributed by atoms with E-state index in [-0.39, 0.29) is 10.0 Å². The topological polar surface area (TPSA) is 17.1 Å². The van der Waals surface area contributed by atoms with Gasteiger partial charge in [0.15, 0.2) is 0 Å². The summed E-state index contributed by atoms with van der Waals surface area (Å²) in [6.07, 6.45) is -4.53. The minimum Gasteiger partial charge on any atom is -0.281 e. The van der Waals surface area contributed by atoms with Gasteiger partial charge in [-0.05, 0) is 34.1 Å². The monoisotopic (exact) mass is 330 g/mol. The molecule has 1 aromatic rings. The molecule has 0 aliphatic rings. The first-order valence-electron chi connectivity index (χ1n) is 3.39. The molecule has 76 valence electrons. The highest BCUT2D eigenvalue weighted by Crippen LogP contribution is 2.34. The van der Waals surface area contributed by atoms with Gasteiger partial charge in [0.2, 0.25) is 4.69 Å². The fourth-order valence-corrected chi connectivity index (χ4v) is 1.63. The molecule has 0 radical (unpaired) electrons. The van der Waals surface area contributed by atoms with Crippen molar-refractivity contribution in [1.29, 1.82) is 0 Å². The van der Waals surface area contributed by atoms with Gasteiger partial charge in [-0.15, -0.1) is 0 Å². The highest BCUT2D eigenvalue weighted by Gasteiger charge is 2.34. The number of carbonyl (C=O) groups is 1. The van der Waals surface area contributed by atoms with Crippen LogP contribution in [0.2, 0.25) is 0 Å². The summed E-state index contributed by atoms with van der Waals surface area (Å²) in [6, 6.07) is 3.36. The van der Waals surface area contributed by atoms with E-state index in [2.05, 4.69) is 31.9 Å². The molecule has 0 saturated heterocycles. The molecule has 0 aliphatic carbocycles. The number of rotatable bonds is 1. The average molecular weight is 332 g/mol. The van der Waals surface area contributed by atoms with Crippen LogP contribution < -0.4 is 0 Å². The zero-order valence-electron chi connectivity index (χ0n) is 6.53. The second kappa shape index (κ2) is 4.02. The summed E-state index contributed by atoms with van der Waals surface area (Å²) < 4.78 is 36.7. The number of benzene rings is 1. The van der Waals surface area contributed by atoms with E-state index in [1.165, 1.54) is 6.07 Å². The van der Waals surface area contributed by atoms with E-state index in [1.54, 1.807) is 0 Å². The van der Waals surface area contributed by atoms with Gasteiger partial charge in [-0.1, -0.05) is 15.9 Å². The predicted molar refractivity (Wildman–Crippen MR) is 52.4 cm³/mol. The second-order valence-corrected chi connectivity index (χ2v) is 4.10. The van der Waals surface area contributed by atoms with Crippen LogP contribution in [0.3, 0.4) is 0 Å². The maximum atomic E-state index is 12.4. The molecule has 1 nitrogen and oxygen atoms in total. The van der Waals surface area contributed by atoms with E-state index in [0.29, 0.717) is 0 Å². The summed E-state index contributed by atoms with van der Waals surface area (Å²) in [5.74, 6) is 0. The number of hydrogen-bond acceptors (Lipinski definition) is 1. The van der Waals surface area contributed by atoms with Crippen molar-refractivity contribution in [3.05, 3.63) is 33.8 Å². The highest BCUT2D eigenvalue weighted by molar-refractivity contribution is 9.18. The highest BCUT2D eigenvalue weighted by atomic mass is 79.9. The molecule has 0 bridgehead atoms. The van der Waals surface area contributed by atoms with E-state index < -0.39 is 16.4 Å². The molecule has 0 heterocycles. The molecule has 6 heteroatoms. The Labute approximate surface area is 94.6 Å². The lowest BCUT2D eigenvalue weighted by Crippen LogP contribution is -2.10. The lowest BCUT2D eigenvalue weighted by Gasteiger charge is -2.10. The normalized spacial score (nSPS) is 11.5. The average Bonchev–Trinajstić information content (AvgIpc) is 2.01. The van der Waals surface area contributed by atoms with Crippen molar-refractivity contribution in [3.63, 3.8) is 0 Å². The van der Waals surface area contributed by atoms with E-state index in [4.69, 9.17) is 0 Å². The molecule has 0 atom stereocenters. The number of halogens is 5. The standard InChI is InChI=1S/C8H3Br2F3O/c9-4-1-2-5(7(10)14)6(3-4)8(11,12)13/h1-3H. The van der Waals surface area contributed by atoms with Crippen molar-refractivity contribution in [3.8, 4) is 0 Å². The molecular formula is C8H3Br2F3O. The second-order valence-electron chi connectivity index (χ2n) is 2.46. The molecule has 0 saturated carbocycles. The maximum absolute atomic E-state index is 12.4. The molecule has 1 aromatic carbocycles. The van der Waals surface area contributed by atoms with Gasteiger partial charge in [-0.3, -0.25) is 4.79 Å². The summed E-state index contributed by atoms with van der Waals surface area (Å²) >= 11 is 5.41. The fourth-order valence-electron chi connectivity index (χ4n) is 0.922. The third-order valence-electron chi connectivity index (χ3n) is 1.50. The van der Waals surface area contributed by atoms with E-state index in [9.17, 15) is 18.0 Å². The third kappa shape index (κ3) is 2.57. The van der Waals surface area contributed by atoms with Crippen LogP contribution in [-0.2, 0) is 6.18 Å². The van der Waals surface area contributed by atoms with Crippen LogP contribution in [0.15, 0.2) is 22.7 Å². The molecule has 1 rings (SSSR count). The van der Waals surface area contributed by atoms with Crippen LogP contribution in [-0.4, -0.2) is 4.69 Å². The number of alkyl halides is 3. The van der Waals surface area contributed by atoms with Gasteiger partial charge in [-0.25, -0.2) is 0 Å². The smallest absolute Gasteiger partial charge is 0.281 e. The molecule has 0 N–H and O–H groups in total. The fraction of sp³-hybridized carbons (Fsp3) is 0.125. The van der Waals surface area contributed by atoms with Crippen molar-refractivity contribution in [1.82, 2.24) is 0 Å². The van der Waals surface area contributed by atoms with Gasteiger partial charge in [0.05, 0.1) is 5.56 Å². The first-order chi connectivity index (χ1) is 6.32. The zero-order valence-corrected chi connectivity index (χ0v) is 9.70. The first-order valence-corrected chi connectivity index (χ1v) is 4.97. The lowest BCUT2D eigenvalue weighted by molar-refractivity contribution is -0.137. The van der Waals surface area contributed by atoms with E-state index in [1.807, 2.05) is 0 Å². The molecule has 0 unspecified atom stereocenters. The van der Waals surface area contributed by atoms with Crippen LogP contribution in [0.5, 0.6) is 0 Å². The van der Waals surface area contributed by atoms with E-state index in [0.717, 1.165) is 12.1 Å². The third-order valence-corrected chi connectivity index (χ3v) is 2.42. The Morgan fingerprint density at radius 3 is 2.29 bits per heavy atom. The van der Waals surface area contributed by atoms with Crippen LogP contribution in [0.4, 0.5) is 13.2 Å². The van der Waals surface area contributed by atoms with Gasteiger partial charge < -0.3 is 0 Å². The summed E-state index contributed by atoms with van der Waals surface area (Å²) in [6.45, 7) is 0. The Kier molecular flexibility index (Phi) is 3.36. The molecule has 0 spiro atoms. The van der Waals surface area contributed by atoms with Gasteiger partial charge >= 0.3 is 6.18 Å². The van der Waals surface area contributed by atoms with Crippen molar-refractivity contribution in [2.75, 3.05) is 0 Å². The molecule has 0 fully saturated rings. The van der Waals surface area contributed by atoms with Gasteiger partial charge in [-0.2, -0.15) is 13.2 Å². The van der Waals surface area contributed by atoms with Crippen molar-refractivity contribution in [2.24, 2.45) is 0 Å². The van der Waals surface area contributed by atoms with Gasteiger partial charge in [0.25, 0.3) is 0 Å². The predicted octanol–water partition coefficient (Wildman–Crippen LogP) is 4.00. The van der Waals surface area contributed by atoms with Crippen LogP contribution in [0.1, 0.15) is 15.9 Å². The van der Waals surface area contributed by atoms with E-state index >= 15 is 0 Å². The largest absolute Gasteiger partial charge is 0.417 e. The van der Waals surface area contributed by atoms with Crippen molar-refractivity contribution >= 4 is 36.6 Å². The van der Waals surface area contributed by atoms with Crippen molar-refractivity contribution < 1.29 is 18.0 Å². The minimum absolute atomic E-state index is 0.280. The summed E-state index contributed by atoms with van der Waals surface area (Å²) in [5.41, 5.74) is -1.34. The Bertz CT molecular complexity index is 373. The molecule has 0 amide bonds. The summed E-state index contributed by atoms with van der Waals surface area (Å²) in [5, 5.41) is 0. The number of carbonyl (C=O) groups excluding carboxylic acids is 1. The molecule has 0 aromatic heterocycles. The van der Waals surface area contributed by atoms with Crippen molar-refractivity contribution in [2.45, 2.75) is 6.18 Å². The quantitative estimate of drug-likeness (QED) is 0.711. The van der Waals surface area contributed by atoms with Gasteiger partial charge in [0, 0.05) is 10.0 Å². The summed E-state index contributed by atoms with van der Waals surface area (Å²) in [4.78, 5) is 10.8. The lowest BCUT2D eigenvalue weighted by atomic mass is 10.1. The van der Waals surface area contributed by atoms with Crippen LogP contribution in [0.25, 0.3) is 0 Å². The Morgan fingerprint density at radius 1 is 1.29 bits per heavy atom.